The quantitative estimate of drug-likeness (QED) is 0.766. The van der Waals surface area contributed by atoms with E-state index in [2.05, 4.69) is 14.9 Å². The Morgan fingerprint density at radius 1 is 1.67 bits per heavy atom. The predicted octanol–water partition coefficient (Wildman–Crippen LogP) is 2.38. The number of methoxy groups -OCH3 is 1. The molecule has 0 spiro atoms. The van der Waals surface area contributed by atoms with Crippen LogP contribution >= 0.6 is 34.7 Å². The molecule has 0 N–H and O–H groups in total. The van der Waals surface area contributed by atoms with Crippen molar-refractivity contribution < 1.29 is 9.53 Å². The molecule has 1 rings (SSSR count). The van der Waals surface area contributed by atoms with E-state index in [4.69, 9.17) is 11.6 Å². The van der Waals surface area contributed by atoms with Gasteiger partial charge in [0.2, 0.25) is 4.47 Å². The Morgan fingerprint density at radius 2 is 2.40 bits per heavy atom. The van der Waals surface area contributed by atoms with Crippen molar-refractivity contribution in [2.75, 3.05) is 7.11 Å². The summed E-state index contributed by atoms with van der Waals surface area (Å²) in [4.78, 5) is 11.0. The van der Waals surface area contributed by atoms with Crippen molar-refractivity contribution in [3.05, 3.63) is 9.47 Å². The van der Waals surface area contributed by atoms with Crippen LogP contribution in [0.4, 0.5) is 0 Å². The molecule has 0 radical (unpaired) electrons. The van der Waals surface area contributed by atoms with Gasteiger partial charge in [0.25, 0.3) is 0 Å². The summed E-state index contributed by atoms with van der Waals surface area (Å²) in [6.07, 6.45) is 0.410. The number of nitrogens with zero attached hydrogens (tertiary/aromatic N) is 2. The number of carbonyl (C=O) groups is 1. The van der Waals surface area contributed by atoms with E-state index in [-0.39, 0.29) is 11.2 Å². The number of rotatable bonds is 5. The molecule has 0 aliphatic heterocycles. The summed E-state index contributed by atoms with van der Waals surface area (Å²) in [7, 11) is 1.39. The van der Waals surface area contributed by atoms with Crippen LogP contribution in [0.2, 0.25) is 4.47 Å². The molecule has 0 fully saturated rings. The maximum absolute atomic E-state index is 11.0. The molecule has 1 atom stereocenters. The summed E-state index contributed by atoms with van der Waals surface area (Å²) in [5, 5.41) is 8.67. The second kappa shape index (κ2) is 6.30. The molecule has 0 bridgehead atoms. The summed E-state index contributed by atoms with van der Waals surface area (Å²) < 4.78 is 5.03. The molecule has 0 amide bonds. The van der Waals surface area contributed by atoms with Gasteiger partial charge in [0.05, 0.1) is 13.5 Å². The van der Waals surface area contributed by atoms with Crippen molar-refractivity contribution in [2.45, 2.75) is 24.3 Å². The van der Waals surface area contributed by atoms with Gasteiger partial charge in [0, 0.05) is 11.0 Å². The SMILES string of the molecule is COC(=O)CC(C)SCc1nnc(Cl)s1. The first-order chi connectivity index (χ1) is 7.11. The van der Waals surface area contributed by atoms with Crippen LogP contribution in [-0.2, 0) is 15.3 Å². The van der Waals surface area contributed by atoms with Crippen molar-refractivity contribution in [1.82, 2.24) is 10.2 Å². The average molecular weight is 267 g/mol. The number of hydrogen-bond acceptors (Lipinski definition) is 6. The van der Waals surface area contributed by atoms with Crippen molar-refractivity contribution in [3.8, 4) is 0 Å². The van der Waals surface area contributed by atoms with Gasteiger partial charge in [-0.2, -0.15) is 11.8 Å². The molecule has 1 unspecified atom stereocenters. The Bertz CT molecular complexity index is 332. The van der Waals surface area contributed by atoms with Crippen molar-refractivity contribution in [2.24, 2.45) is 0 Å². The first-order valence-corrected chi connectivity index (χ1v) is 6.52. The van der Waals surface area contributed by atoms with Crippen LogP contribution in [0.25, 0.3) is 0 Å². The Hall–Kier alpha value is -0.330. The number of ether oxygens (including phenoxy) is 1. The zero-order valence-corrected chi connectivity index (χ0v) is 10.8. The first-order valence-electron chi connectivity index (χ1n) is 4.28. The molecular formula is C8H11ClN2O2S2. The van der Waals surface area contributed by atoms with Gasteiger partial charge >= 0.3 is 5.97 Å². The molecule has 0 aliphatic carbocycles. The highest BCUT2D eigenvalue weighted by Gasteiger charge is 2.11. The first kappa shape index (κ1) is 12.7. The van der Waals surface area contributed by atoms with E-state index in [1.165, 1.54) is 18.4 Å². The Morgan fingerprint density at radius 3 is 2.93 bits per heavy atom. The fourth-order valence-electron chi connectivity index (χ4n) is 0.882. The van der Waals surface area contributed by atoms with Crippen molar-refractivity contribution in [3.63, 3.8) is 0 Å². The number of halogens is 1. The van der Waals surface area contributed by atoms with E-state index in [0.717, 1.165) is 10.8 Å². The van der Waals surface area contributed by atoms with E-state index in [1.807, 2.05) is 6.92 Å². The number of hydrogen-bond donors (Lipinski definition) is 0. The number of carbonyl (C=O) groups excluding carboxylic acids is 1. The molecular weight excluding hydrogens is 256 g/mol. The van der Waals surface area contributed by atoms with Crippen LogP contribution in [-0.4, -0.2) is 28.5 Å². The van der Waals surface area contributed by atoms with Crippen LogP contribution in [0.5, 0.6) is 0 Å². The second-order valence-electron chi connectivity index (χ2n) is 2.85. The average Bonchev–Trinajstić information content (AvgIpc) is 2.61. The van der Waals surface area contributed by atoms with Gasteiger partial charge < -0.3 is 4.74 Å². The standard InChI is InChI=1S/C8H11ClN2O2S2/c1-5(3-7(12)13-2)14-4-6-10-11-8(9)15-6/h5H,3-4H2,1-2H3. The summed E-state index contributed by atoms with van der Waals surface area (Å²) in [6, 6.07) is 0. The Kier molecular flexibility index (Phi) is 5.35. The van der Waals surface area contributed by atoms with Crippen molar-refractivity contribution in [1.29, 1.82) is 0 Å². The highest BCUT2D eigenvalue weighted by molar-refractivity contribution is 7.99. The molecule has 0 saturated heterocycles. The highest BCUT2D eigenvalue weighted by atomic mass is 35.5. The maximum atomic E-state index is 11.0. The third-order valence-electron chi connectivity index (χ3n) is 1.62. The van der Waals surface area contributed by atoms with Gasteiger partial charge in [-0.25, -0.2) is 0 Å². The molecule has 1 aromatic heterocycles. The van der Waals surface area contributed by atoms with Crippen LogP contribution < -0.4 is 0 Å². The molecule has 7 heteroatoms. The van der Waals surface area contributed by atoms with E-state index in [1.54, 1.807) is 11.8 Å². The molecule has 84 valence electrons. The van der Waals surface area contributed by atoms with Crippen LogP contribution in [0.1, 0.15) is 18.4 Å². The zero-order valence-electron chi connectivity index (χ0n) is 8.40. The van der Waals surface area contributed by atoms with Gasteiger partial charge in [-0.3, -0.25) is 4.79 Å². The fraction of sp³-hybridized carbons (Fsp3) is 0.625. The normalized spacial score (nSPS) is 12.5. The summed E-state index contributed by atoms with van der Waals surface area (Å²) in [6.45, 7) is 1.98. The minimum Gasteiger partial charge on any atom is -0.469 e. The lowest BCUT2D eigenvalue weighted by molar-refractivity contribution is -0.140. The van der Waals surface area contributed by atoms with Crippen LogP contribution in [0, 0.1) is 0 Å². The molecule has 0 aliphatic rings. The summed E-state index contributed by atoms with van der Waals surface area (Å²) in [5.74, 6) is 0.535. The third kappa shape index (κ3) is 4.81. The molecule has 0 saturated carbocycles. The maximum Gasteiger partial charge on any atom is 0.306 e. The van der Waals surface area contributed by atoms with Gasteiger partial charge in [0.15, 0.2) is 0 Å². The van der Waals surface area contributed by atoms with E-state index < -0.39 is 0 Å². The lowest BCUT2D eigenvalue weighted by atomic mass is 10.3. The molecule has 1 aromatic rings. The minimum atomic E-state index is -0.190. The number of aromatic nitrogens is 2. The topological polar surface area (TPSA) is 52.1 Å². The smallest absolute Gasteiger partial charge is 0.306 e. The van der Waals surface area contributed by atoms with Gasteiger partial charge in [-0.15, -0.1) is 10.2 Å². The van der Waals surface area contributed by atoms with Crippen molar-refractivity contribution >= 4 is 40.7 Å². The molecule has 4 nitrogen and oxygen atoms in total. The second-order valence-corrected chi connectivity index (χ2v) is 5.92. The van der Waals surface area contributed by atoms with E-state index >= 15 is 0 Å². The minimum absolute atomic E-state index is 0.190. The van der Waals surface area contributed by atoms with E-state index in [0.29, 0.717) is 10.9 Å². The third-order valence-corrected chi connectivity index (χ3v) is 3.99. The lowest BCUT2D eigenvalue weighted by Crippen LogP contribution is -2.08. The van der Waals surface area contributed by atoms with E-state index in [9.17, 15) is 4.79 Å². The predicted molar refractivity (Wildman–Crippen MR) is 62.3 cm³/mol. The lowest BCUT2D eigenvalue weighted by Gasteiger charge is -2.07. The molecule has 15 heavy (non-hydrogen) atoms. The largest absolute Gasteiger partial charge is 0.469 e. The fourth-order valence-corrected chi connectivity index (χ4v) is 2.72. The molecule has 0 aromatic carbocycles. The summed E-state index contributed by atoms with van der Waals surface area (Å²) >= 11 is 8.64. The van der Waals surface area contributed by atoms with Crippen LogP contribution in [0.15, 0.2) is 0 Å². The number of esters is 1. The van der Waals surface area contributed by atoms with Gasteiger partial charge in [-0.1, -0.05) is 18.3 Å². The zero-order chi connectivity index (χ0) is 11.3. The molecule has 1 heterocycles. The van der Waals surface area contributed by atoms with Gasteiger partial charge in [0.1, 0.15) is 5.01 Å². The summed E-state index contributed by atoms with van der Waals surface area (Å²) in [5.41, 5.74) is 0. The van der Waals surface area contributed by atoms with Crippen LogP contribution in [0.3, 0.4) is 0 Å². The highest BCUT2D eigenvalue weighted by Crippen LogP contribution is 2.23. The number of thioether (sulfide) groups is 1. The van der Waals surface area contributed by atoms with Gasteiger partial charge in [-0.05, 0) is 11.6 Å². The Balaban J connectivity index is 2.28. The monoisotopic (exact) mass is 266 g/mol. The Labute approximate surface area is 101 Å².